The minimum atomic E-state index is 0.349. The first-order valence-electron chi connectivity index (χ1n) is 7.73. The second kappa shape index (κ2) is 5.78. The molecule has 3 nitrogen and oxygen atoms in total. The summed E-state index contributed by atoms with van der Waals surface area (Å²) in [5.74, 6) is 1.90. The van der Waals surface area contributed by atoms with Crippen molar-refractivity contribution in [3.63, 3.8) is 0 Å². The third kappa shape index (κ3) is 2.62. The number of rotatable bonds is 5. The molecule has 3 rings (SSSR count). The topological polar surface area (TPSA) is 34.9 Å². The zero-order valence-corrected chi connectivity index (χ0v) is 12.1. The molecule has 20 heavy (non-hydrogen) atoms. The summed E-state index contributed by atoms with van der Waals surface area (Å²) in [5.41, 5.74) is 2.14. The van der Waals surface area contributed by atoms with E-state index in [1.54, 1.807) is 0 Å². The van der Waals surface area contributed by atoms with Gasteiger partial charge in [0.2, 0.25) is 0 Å². The fourth-order valence-corrected chi connectivity index (χ4v) is 3.40. The van der Waals surface area contributed by atoms with E-state index in [0.717, 1.165) is 29.8 Å². The molecule has 0 aliphatic heterocycles. The van der Waals surface area contributed by atoms with Crippen LogP contribution in [-0.4, -0.2) is 15.3 Å². The van der Waals surface area contributed by atoms with Gasteiger partial charge in [-0.15, -0.1) is 0 Å². The van der Waals surface area contributed by atoms with Crippen LogP contribution in [0.25, 0.3) is 11.0 Å². The molecule has 1 aliphatic rings. The molecule has 3 heteroatoms. The molecule has 0 unspecified atom stereocenters. The average Bonchev–Trinajstić information content (AvgIpc) is 3.05. The van der Waals surface area contributed by atoms with Crippen molar-refractivity contribution >= 4 is 16.8 Å². The van der Waals surface area contributed by atoms with Gasteiger partial charge < -0.3 is 4.57 Å². The normalized spacial score (nSPS) is 16.1. The summed E-state index contributed by atoms with van der Waals surface area (Å²) < 4.78 is 2.17. The van der Waals surface area contributed by atoms with Gasteiger partial charge in [-0.2, -0.15) is 0 Å². The van der Waals surface area contributed by atoms with Gasteiger partial charge >= 0.3 is 0 Å². The quantitative estimate of drug-likeness (QED) is 0.829. The number of hydrogen-bond acceptors (Lipinski definition) is 2. The molecule has 1 aromatic carbocycles. The molecule has 0 amide bonds. The minimum absolute atomic E-state index is 0.349. The van der Waals surface area contributed by atoms with E-state index in [0.29, 0.717) is 18.1 Å². The first kappa shape index (κ1) is 13.3. The lowest BCUT2D eigenvalue weighted by Gasteiger charge is -2.08. The monoisotopic (exact) mass is 270 g/mol. The summed E-state index contributed by atoms with van der Waals surface area (Å²) >= 11 is 0. The Labute approximate surface area is 120 Å². The highest BCUT2D eigenvalue weighted by Crippen LogP contribution is 2.28. The van der Waals surface area contributed by atoms with Crippen molar-refractivity contribution in [3.05, 3.63) is 30.1 Å². The van der Waals surface area contributed by atoms with Gasteiger partial charge in [0.25, 0.3) is 0 Å². The van der Waals surface area contributed by atoms with Crippen LogP contribution >= 0.6 is 0 Å². The number of imidazole rings is 1. The minimum Gasteiger partial charge on any atom is -0.328 e. The lowest BCUT2D eigenvalue weighted by molar-refractivity contribution is -0.119. The van der Waals surface area contributed by atoms with Crippen LogP contribution in [0.1, 0.15) is 44.9 Å². The molecule has 1 heterocycles. The molecule has 0 radical (unpaired) electrons. The van der Waals surface area contributed by atoms with Crippen LogP contribution in [0.2, 0.25) is 0 Å². The van der Waals surface area contributed by atoms with E-state index in [1.165, 1.54) is 25.7 Å². The summed E-state index contributed by atoms with van der Waals surface area (Å²) in [6.07, 6.45) is 6.29. The van der Waals surface area contributed by atoms with Crippen LogP contribution in [-0.2, 0) is 17.8 Å². The third-order valence-corrected chi connectivity index (χ3v) is 4.40. The molecule has 1 saturated carbocycles. The smallest absolute Gasteiger partial charge is 0.140 e. The van der Waals surface area contributed by atoms with Crippen LogP contribution in [0.5, 0.6) is 0 Å². The van der Waals surface area contributed by atoms with E-state index < -0.39 is 0 Å². The van der Waals surface area contributed by atoms with Crippen molar-refractivity contribution in [2.45, 2.75) is 52.0 Å². The molecule has 0 saturated heterocycles. The predicted molar refractivity (Wildman–Crippen MR) is 80.7 cm³/mol. The number of para-hydroxylation sites is 2. The summed E-state index contributed by atoms with van der Waals surface area (Å²) in [6.45, 7) is 2.98. The maximum Gasteiger partial charge on any atom is 0.140 e. The van der Waals surface area contributed by atoms with Gasteiger partial charge in [0.1, 0.15) is 11.6 Å². The van der Waals surface area contributed by atoms with Gasteiger partial charge in [0.15, 0.2) is 0 Å². The predicted octanol–water partition coefficient (Wildman–Crippen LogP) is 3.75. The van der Waals surface area contributed by atoms with Gasteiger partial charge in [0, 0.05) is 13.0 Å². The molecule has 0 atom stereocenters. The van der Waals surface area contributed by atoms with Crippen LogP contribution < -0.4 is 0 Å². The zero-order valence-electron chi connectivity index (χ0n) is 12.1. The average molecular weight is 270 g/mol. The number of aromatic nitrogens is 2. The molecule has 0 spiro atoms. The first-order chi connectivity index (χ1) is 9.78. The van der Waals surface area contributed by atoms with E-state index in [1.807, 2.05) is 18.2 Å². The fraction of sp³-hybridized carbons (Fsp3) is 0.529. The van der Waals surface area contributed by atoms with Crippen molar-refractivity contribution in [1.29, 1.82) is 0 Å². The van der Waals surface area contributed by atoms with Crippen molar-refractivity contribution in [2.75, 3.05) is 0 Å². The molecule has 0 N–H and O–H groups in total. The first-order valence-corrected chi connectivity index (χ1v) is 7.73. The van der Waals surface area contributed by atoms with Crippen molar-refractivity contribution < 1.29 is 4.79 Å². The largest absolute Gasteiger partial charge is 0.328 e. The second-order valence-electron chi connectivity index (χ2n) is 5.83. The van der Waals surface area contributed by atoms with Crippen LogP contribution in [0, 0.1) is 5.92 Å². The van der Waals surface area contributed by atoms with Crippen LogP contribution in [0.4, 0.5) is 0 Å². The van der Waals surface area contributed by atoms with Gasteiger partial charge in [0.05, 0.1) is 17.5 Å². The van der Waals surface area contributed by atoms with Crippen molar-refractivity contribution in [2.24, 2.45) is 5.92 Å². The Morgan fingerprint density at radius 1 is 1.30 bits per heavy atom. The number of carbonyl (C=O) groups excluding carboxylic acids is 1. The van der Waals surface area contributed by atoms with Gasteiger partial charge in [-0.1, -0.05) is 37.8 Å². The molecular weight excluding hydrogens is 248 g/mol. The highest BCUT2D eigenvalue weighted by atomic mass is 16.1. The van der Waals surface area contributed by atoms with E-state index >= 15 is 0 Å². The van der Waals surface area contributed by atoms with Crippen molar-refractivity contribution in [3.8, 4) is 0 Å². The van der Waals surface area contributed by atoms with E-state index in [4.69, 9.17) is 0 Å². The second-order valence-corrected chi connectivity index (χ2v) is 5.83. The third-order valence-electron chi connectivity index (χ3n) is 4.40. The number of aryl methyl sites for hydroxylation is 1. The summed E-state index contributed by atoms with van der Waals surface area (Å²) in [4.78, 5) is 16.9. The van der Waals surface area contributed by atoms with E-state index in [-0.39, 0.29) is 0 Å². The highest BCUT2D eigenvalue weighted by Gasteiger charge is 2.20. The Morgan fingerprint density at radius 2 is 2.05 bits per heavy atom. The van der Waals surface area contributed by atoms with Gasteiger partial charge in [-0.05, 0) is 25.0 Å². The molecule has 1 aliphatic carbocycles. The molecule has 1 aromatic heterocycles. The van der Waals surface area contributed by atoms with E-state index in [2.05, 4.69) is 22.5 Å². The summed E-state index contributed by atoms with van der Waals surface area (Å²) in [6, 6.07) is 8.13. The van der Waals surface area contributed by atoms with Crippen molar-refractivity contribution in [1.82, 2.24) is 9.55 Å². The number of ketones is 1. The Kier molecular flexibility index (Phi) is 3.86. The lowest BCUT2D eigenvalue weighted by Crippen LogP contribution is -2.12. The number of hydrogen-bond donors (Lipinski definition) is 0. The highest BCUT2D eigenvalue weighted by molar-refractivity contribution is 5.82. The number of benzene rings is 1. The molecule has 1 fully saturated rings. The number of fused-ring (bicyclic) bond motifs is 1. The van der Waals surface area contributed by atoms with Gasteiger partial charge in [-0.25, -0.2) is 4.98 Å². The molecule has 2 aromatic rings. The van der Waals surface area contributed by atoms with Gasteiger partial charge in [-0.3, -0.25) is 4.79 Å². The molecule has 0 bridgehead atoms. The van der Waals surface area contributed by atoms with E-state index in [9.17, 15) is 4.79 Å². The Balaban J connectivity index is 1.77. The number of nitrogens with zero attached hydrogens (tertiary/aromatic N) is 2. The lowest BCUT2D eigenvalue weighted by atomic mass is 9.99. The Hall–Kier alpha value is -1.64. The molecule has 106 valence electrons. The fourth-order valence-electron chi connectivity index (χ4n) is 3.40. The Bertz CT molecular complexity index is 608. The number of Topliss-reactive ketones (excluding diaryl/α,β-unsaturated/α-hetero) is 1. The maximum absolute atomic E-state index is 12.3. The maximum atomic E-state index is 12.3. The Morgan fingerprint density at radius 3 is 2.80 bits per heavy atom. The van der Waals surface area contributed by atoms with Crippen LogP contribution in [0.15, 0.2) is 24.3 Å². The zero-order chi connectivity index (χ0) is 13.9. The molecular formula is C17H22N2O. The SMILES string of the molecule is CCn1c(CC(=O)CC2CCCC2)nc2ccccc21. The van der Waals surface area contributed by atoms with Crippen LogP contribution in [0.3, 0.4) is 0 Å². The summed E-state index contributed by atoms with van der Waals surface area (Å²) in [7, 11) is 0. The number of carbonyl (C=O) groups is 1. The summed E-state index contributed by atoms with van der Waals surface area (Å²) in [5, 5.41) is 0. The standard InChI is InChI=1S/C17H22N2O/c1-2-19-16-10-6-5-9-15(16)18-17(19)12-14(20)11-13-7-3-4-8-13/h5-6,9-10,13H,2-4,7-8,11-12H2,1H3.